The normalized spacial score (nSPS) is 26.0. The second kappa shape index (κ2) is 5.76. The molecule has 0 aliphatic carbocycles. The lowest BCUT2D eigenvalue weighted by atomic mass is 9.80. The molecule has 2 bridgehead atoms. The summed E-state index contributed by atoms with van der Waals surface area (Å²) in [5.74, 6) is -0.148. The van der Waals surface area contributed by atoms with Gasteiger partial charge in [0.25, 0.3) is 0 Å². The predicted molar refractivity (Wildman–Crippen MR) is 97.9 cm³/mol. The van der Waals surface area contributed by atoms with E-state index < -0.39 is 17.7 Å². The molecular formula is C20H21N3O3. The Hall–Kier alpha value is -3.02. The summed E-state index contributed by atoms with van der Waals surface area (Å²) in [4.78, 5) is 25.2. The number of para-hydroxylation sites is 1. The summed E-state index contributed by atoms with van der Waals surface area (Å²) in [7, 11) is 0. The van der Waals surface area contributed by atoms with Crippen molar-refractivity contribution < 1.29 is 14.3 Å². The fraction of sp³-hybridized carbons (Fsp3) is 0.300. The van der Waals surface area contributed by atoms with Crippen molar-refractivity contribution in [3.05, 3.63) is 59.2 Å². The molecule has 3 amide bonds. The van der Waals surface area contributed by atoms with Gasteiger partial charge in [-0.2, -0.15) is 0 Å². The SMILES string of the molecule is Cc1ccc(NC(=O)[C@H]2[C@H]3NC(=O)N[C@@]2(C)Oc2ccccc23)c(C)c1. The van der Waals surface area contributed by atoms with Gasteiger partial charge in [-0.05, 0) is 38.5 Å². The molecule has 0 aromatic heterocycles. The lowest BCUT2D eigenvalue weighted by Crippen LogP contribution is -2.70. The van der Waals surface area contributed by atoms with Gasteiger partial charge < -0.3 is 15.4 Å². The Bertz CT molecular complexity index is 911. The lowest BCUT2D eigenvalue weighted by molar-refractivity contribution is -0.133. The number of hydrogen-bond donors (Lipinski definition) is 3. The van der Waals surface area contributed by atoms with Crippen LogP contribution in [0.25, 0.3) is 0 Å². The van der Waals surface area contributed by atoms with Crippen LogP contribution in [0.15, 0.2) is 42.5 Å². The fourth-order valence-electron chi connectivity index (χ4n) is 3.85. The van der Waals surface area contributed by atoms with Crippen molar-refractivity contribution >= 4 is 17.6 Å². The molecule has 2 aromatic rings. The highest BCUT2D eigenvalue weighted by Gasteiger charge is 2.55. The Kier molecular flexibility index (Phi) is 3.64. The second-order valence-corrected chi connectivity index (χ2v) is 7.11. The van der Waals surface area contributed by atoms with Crippen molar-refractivity contribution in [1.29, 1.82) is 0 Å². The first-order valence-corrected chi connectivity index (χ1v) is 8.62. The quantitative estimate of drug-likeness (QED) is 0.778. The third kappa shape index (κ3) is 2.58. The van der Waals surface area contributed by atoms with Gasteiger partial charge in [-0.15, -0.1) is 0 Å². The zero-order chi connectivity index (χ0) is 18.5. The first-order valence-electron chi connectivity index (χ1n) is 8.62. The summed E-state index contributed by atoms with van der Waals surface area (Å²) in [6, 6.07) is 12.5. The molecule has 1 saturated heterocycles. The van der Waals surface area contributed by atoms with Crippen molar-refractivity contribution in [3.63, 3.8) is 0 Å². The molecule has 0 spiro atoms. The number of carbonyl (C=O) groups is 2. The molecule has 3 N–H and O–H groups in total. The minimum atomic E-state index is -1.12. The van der Waals surface area contributed by atoms with Gasteiger partial charge in [0.15, 0.2) is 5.72 Å². The van der Waals surface area contributed by atoms with Crippen LogP contribution < -0.4 is 20.7 Å². The topological polar surface area (TPSA) is 79.5 Å². The summed E-state index contributed by atoms with van der Waals surface area (Å²) >= 11 is 0. The van der Waals surface area contributed by atoms with Crippen LogP contribution in [0.2, 0.25) is 0 Å². The molecule has 2 aromatic carbocycles. The molecule has 2 heterocycles. The molecule has 6 heteroatoms. The number of amides is 3. The first kappa shape index (κ1) is 16.4. The number of nitrogens with one attached hydrogen (secondary N) is 3. The maximum atomic E-state index is 13.2. The number of fused-ring (bicyclic) bond motifs is 4. The first-order chi connectivity index (χ1) is 12.4. The minimum Gasteiger partial charge on any atom is -0.467 e. The molecule has 2 aliphatic heterocycles. The van der Waals surface area contributed by atoms with E-state index in [0.29, 0.717) is 5.75 Å². The number of rotatable bonds is 2. The zero-order valence-corrected chi connectivity index (χ0v) is 14.9. The Labute approximate surface area is 151 Å². The maximum absolute atomic E-state index is 13.2. The smallest absolute Gasteiger partial charge is 0.318 e. The maximum Gasteiger partial charge on any atom is 0.318 e. The van der Waals surface area contributed by atoms with E-state index in [4.69, 9.17) is 4.74 Å². The molecule has 2 aliphatic rings. The van der Waals surface area contributed by atoms with E-state index in [1.165, 1.54) is 0 Å². The number of hydrogen-bond acceptors (Lipinski definition) is 3. The van der Waals surface area contributed by atoms with Crippen LogP contribution in [-0.4, -0.2) is 17.7 Å². The molecule has 0 radical (unpaired) electrons. The highest BCUT2D eigenvalue weighted by atomic mass is 16.5. The van der Waals surface area contributed by atoms with Crippen LogP contribution in [0.5, 0.6) is 5.75 Å². The fourth-order valence-corrected chi connectivity index (χ4v) is 3.85. The van der Waals surface area contributed by atoms with E-state index in [9.17, 15) is 9.59 Å². The summed E-state index contributed by atoms with van der Waals surface area (Å²) < 4.78 is 6.05. The van der Waals surface area contributed by atoms with Crippen LogP contribution >= 0.6 is 0 Å². The Morgan fingerprint density at radius 1 is 1.19 bits per heavy atom. The lowest BCUT2D eigenvalue weighted by Gasteiger charge is -2.49. The summed E-state index contributed by atoms with van der Waals surface area (Å²) in [6.07, 6.45) is 0. The van der Waals surface area contributed by atoms with Gasteiger partial charge in [0.2, 0.25) is 5.91 Å². The Morgan fingerprint density at radius 2 is 1.96 bits per heavy atom. The van der Waals surface area contributed by atoms with Crippen LogP contribution in [0.3, 0.4) is 0 Å². The van der Waals surface area contributed by atoms with E-state index in [2.05, 4.69) is 16.0 Å². The molecule has 0 saturated carbocycles. The molecule has 3 atom stereocenters. The van der Waals surface area contributed by atoms with Crippen LogP contribution in [0, 0.1) is 19.8 Å². The van der Waals surface area contributed by atoms with E-state index in [1.807, 2.05) is 56.3 Å². The molecule has 4 rings (SSSR count). The van der Waals surface area contributed by atoms with E-state index in [1.54, 1.807) is 6.92 Å². The average molecular weight is 351 g/mol. The third-order valence-electron chi connectivity index (χ3n) is 5.07. The van der Waals surface area contributed by atoms with Gasteiger partial charge in [0.05, 0.1) is 6.04 Å². The molecule has 26 heavy (non-hydrogen) atoms. The van der Waals surface area contributed by atoms with Crippen LogP contribution in [-0.2, 0) is 4.79 Å². The number of benzene rings is 2. The van der Waals surface area contributed by atoms with Crippen LogP contribution in [0.1, 0.15) is 29.7 Å². The van der Waals surface area contributed by atoms with E-state index in [0.717, 1.165) is 22.4 Å². The number of aryl methyl sites for hydroxylation is 2. The van der Waals surface area contributed by atoms with E-state index >= 15 is 0 Å². The van der Waals surface area contributed by atoms with Crippen molar-refractivity contribution in [1.82, 2.24) is 10.6 Å². The Morgan fingerprint density at radius 3 is 2.73 bits per heavy atom. The number of ether oxygens (including phenoxy) is 1. The standard InChI is InChI=1S/C20H21N3O3/c1-11-8-9-14(12(2)10-11)21-18(24)16-17-13-6-4-5-7-15(13)26-20(16,3)23-19(25)22-17/h4-10,16-17H,1-3H3,(H,21,24)(H2,22,23,25)/t16-,17+,20+/m1/s1. The molecule has 6 nitrogen and oxygen atoms in total. The van der Waals surface area contributed by atoms with Crippen molar-refractivity contribution in [2.75, 3.05) is 5.32 Å². The summed E-state index contributed by atoms with van der Waals surface area (Å²) in [6.45, 7) is 5.70. The average Bonchev–Trinajstić information content (AvgIpc) is 2.56. The molecule has 1 fully saturated rings. The van der Waals surface area contributed by atoms with Crippen molar-refractivity contribution in [3.8, 4) is 5.75 Å². The summed E-state index contributed by atoms with van der Waals surface area (Å²) in [5, 5.41) is 8.65. The number of urea groups is 1. The predicted octanol–water partition coefficient (Wildman–Crippen LogP) is 3.02. The highest BCUT2D eigenvalue weighted by molar-refractivity contribution is 5.96. The second-order valence-electron chi connectivity index (χ2n) is 7.11. The zero-order valence-electron chi connectivity index (χ0n) is 14.9. The largest absolute Gasteiger partial charge is 0.467 e. The van der Waals surface area contributed by atoms with Gasteiger partial charge >= 0.3 is 6.03 Å². The Balaban J connectivity index is 1.71. The molecule has 0 unspecified atom stereocenters. The van der Waals surface area contributed by atoms with Gasteiger partial charge in [0, 0.05) is 11.3 Å². The van der Waals surface area contributed by atoms with Crippen molar-refractivity contribution in [2.24, 2.45) is 5.92 Å². The highest BCUT2D eigenvalue weighted by Crippen LogP contribution is 2.45. The van der Waals surface area contributed by atoms with Gasteiger partial charge in [-0.25, -0.2) is 4.79 Å². The molecule has 134 valence electrons. The monoisotopic (exact) mass is 351 g/mol. The molecular weight excluding hydrogens is 330 g/mol. The number of anilines is 1. The van der Waals surface area contributed by atoms with Gasteiger partial charge in [0.1, 0.15) is 11.7 Å². The summed E-state index contributed by atoms with van der Waals surface area (Å²) in [5.41, 5.74) is 2.56. The third-order valence-corrected chi connectivity index (χ3v) is 5.07. The van der Waals surface area contributed by atoms with E-state index in [-0.39, 0.29) is 11.9 Å². The van der Waals surface area contributed by atoms with Gasteiger partial charge in [-0.1, -0.05) is 35.9 Å². The van der Waals surface area contributed by atoms with Crippen molar-refractivity contribution in [2.45, 2.75) is 32.5 Å². The minimum absolute atomic E-state index is 0.202. The van der Waals surface area contributed by atoms with Gasteiger partial charge in [-0.3, -0.25) is 10.1 Å². The number of carbonyl (C=O) groups excluding carboxylic acids is 2. The van der Waals surface area contributed by atoms with Crippen LogP contribution in [0.4, 0.5) is 10.5 Å².